The van der Waals surface area contributed by atoms with E-state index >= 15 is 0 Å². The van der Waals surface area contributed by atoms with Crippen molar-refractivity contribution >= 4 is 10.9 Å². The zero-order valence-corrected chi connectivity index (χ0v) is 19.3. The van der Waals surface area contributed by atoms with Gasteiger partial charge in [-0.25, -0.2) is 9.37 Å². The molecule has 1 N–H and O–H groups in total. The van der Waals surface area contributed by atoms with Crippen LogP contribution in [0, 0.1) is 12.7 Å². The third kappa shape index (κ3) is 4.84. The Balaban J connectivity index is 1.72. The van der Waals surface area contributed by atoms with Crippen LogP contribution in [0.25, 0.3) is 22.2 Å². The van der Waals surface area contributed by atoms with Gasteiger partial charge in [0.25, 0.3) is 5.56 Å². The van der Waals surface area contributed by atoms with Crippen molar-refractivity contribution in [2.75, 3.05) is 28.1 Å². The van der Waals surface area contributed by atoms with E-state index in [1.54, 1.807) is 31.2 Å². The molecule has 0 radical (unpaired) electrons. The minimum absolute atomic E-state index is 0.0113. The summed E-state index contributed by atoms with van der Waals surface area (Å²) in [6, 6.07) is 11.4. The smallest absolute Gasteiger partial charge is 0.258 e. The molecule has 0 saturated carbocycles. The number of aromatic amines is 1. The summed E-state index contributed by atoms with van der Waals surface area (Å²) in [5.74, 6) is 1.50. The number of ether oxygens (including phenoxy) is 4. The third-order valence-corrected chi connectivity index (χ3v) is 5.20. The van der Waals surface area contributed by atoms with Crippen molar-refractivity contribution < 1.29 is 23.3 Å². The van der Waals surface area contributed by atoms with Crippen LogP contribution < -0.4 is 19.8 Å². The molecule has 4 rings (SSSR count). The van der Waals surface area contributed by atoms with E-state index in [-0.39, 0.29) is 18.2 Å². The molecule has 2 aromatic carbocycles. The van der Waals surface area contributed by atoms with Gasteiger partial charge in [-0.15, -0.1) is 0 Å². The van der Waals surface area contributed by atoms with Crippen LogP contribution in [0.2, 0.25) is 0 Å². The normalized spacial score (nSPS) is 11.0. The highest BCUT2D eigenvalue weighted by molar-refractivity contribution is 5.81. The topological polar surface area (TPSA) is 95.6 Å². The number of benzene rings is 2. The minimum atomic E-state index is -0.380. The number of hydrogen-bond donors (Lipinski definition) is 1. The fourth-order valence-electron chi connectivity index (χ4n) is 3.69. The molecule has 2 heterocycles. The highest BCUT2D eigenvalue weighted by atomic mass is 19.1. The molecule has 0 aliphatic heterocycles. The maximum atomic E-state index is 14.0. The SMILES string of the molecule is COCOc1cc(Cc2nc3cc(OC)c(OC)cc3c(=O)[nH]2)ccc1-c1cc(F)cc(C)n1. The molecule has 0 saturated heterocycles. The van der Waals surface area contributed by atoms with Gasteiger partial charge in [-0.1, -0.05) is 6.07 Å². The van der Waals surface area contributed by atoms with Crippen molar-refractivity contribution in [1.29, 1.82) is 0 Å². The van der Waals surface area contributed by atoms with Gasteiger partial charge in [-0.2, -0.15) is 0 Å². The van der Waals surface area contributed by atoms with Crippen molar-refractivity contribution in [1.82, 2.24) is 15.0 Å². The molecule has 0 atom stereocenters. The van der Waals surface area contributed by atoms with E-state index in [4.69, 9.17) is 18.9 Å². The summed E-state index contributed by atoms with van der Waals surface area (Å²) in [7, 11) is 4.55. The predicted molar refractivity (Wildman–Crippen MR) is 125 cm³/mol. The molecule has 0 spiro atoms. The number of nitrogens with one attached hydrogen (secondary N) is 1. The molecule has 0 aliphatic carbocycles. The summed E-state index contributed by atoms with van der Waals surface area (Å²) < 4.78 is 35.4. The van der Waals surface area contributed by atoms with E-state index < -0.39 is 0 Å². The van der Waals surface area contributed by atoms with Crippen LogP contribution in [-0.2, 0) is 11.2 Å². The summed E-state index contributed by atoms with van der Waals surface area (Å²) in [5, 5.41) is 0.397. The van der Waals surface area contributed by atoms with E-state index in [2.05, 4.69) is 15.0 Å². The Labute approximate surface area is 195 Å². The van der Waals surface area contributed by atoms with Crippen molar-refractivity contribution in [2.45, 2.75) is 13.3 Å². The first kappa shape index (κ1) is 23.2. The Morgan fingerprint density at radius 2 is 1.71 bits per heavy atom. The van der Waals surface area contributed by atoms with E-state index in [1.807, 2.05) is 6.07 Å². The number of aromatic nitrogens is 3. The largest absolute Gasteiger partial charge is 0.493 e. The summed E-state index contributed by atoms with van der Waals surface area (Å²) in [5.41, 5.74) is 2.66. The predicted octanol–water partition coefficient (Wildman–Crippen LogP) is 4.02. The number of methoxy groups -OCH3 is 3. The number of rotatable bonds is 8. The van der Waals surface area contributed by atoms with Gasteiger partial charge >= 0.3 is 0 Å². The monoisotopic (exact) mass is 465 g/mol. The van der Waals surface area contributed by atoms with Crippen LogP contribution in [0.4, 0.5) is 4.39 Å². The molecular weight excluding hydrogens is 441 g/mol. The molecule has 0 bridgehead atoms. The van der Waals surface area contributed by atoms with Gasteiger partial charge in [0.05, 0.1) is 30.8 Å². The Morgan fingerprint density at radius 3 is 2.41 bits per heavy atom. The molecular formula is C25H24FN3O5. The van der Waals surface area contributed by atoms with E-state index in [0.717, 1.165) is 5.56 Å². The molecule has 34 heavy (non-hydrogen) atoms. The van der Waals surface area contributed by atoms with E-state index in [0.29, 0.717) is 57.3 Å². The average molecular weight is 465 g/mol. The standard InChI is InChI=1S/C25H24FN3O5/c1-14-7-16(26)10-19(27-14)17-6-5-15(8-21(17)34-13-31-2)9-24-28-20-12-23(33-4)22(32-3)11-18(20)25(30)29-24/h5-8,10-12H,9,13H2,1-4H3,(H,28,29,30). The second kappa shape index (κ2) is 9.88. The second-order valence-corrected chi connectivity index (χ2v) is 7.61. The van der Waals surface area contributed by atoms with Gasteiger partial charge in [0, 0.05) is 36.9 Å². The van der Waals surface area contributed by atoms with Gasteiger partial charge in [-0.3, -0.25) is 9.78 Å². The van der Waals surface area contributed by atoms with Gasteiger partial charge in [0.1, 0.15) is 17.4 Å². The maximum Gasteiger partial charge on any atom is 0.258 e. The van der Waals surface area contributed by atoms with Crippen LogP contribution >= 0.6 is 0 Å². The lowest BCUT2D eigenvalue weighted by Crippen LogP contribution is -2.13. The summed E-state index contributed by atoms with van der Waals surface area (Å²) in [6.07, 6.45) is 0.332. The third-order valence-electron chi connectivity index (χ3n) is 5.20. The Hall–Kier alpha value is -3.98. The Bertz CT molecular complexity index is 1380. The van der Waals surface area contributed by atoms with Crippen molar-refractivity contribution in [2.24, 2.45) is 0 Å². The molecule has 9 heteroatoms. The number of fused-ring (bicyclic) bond motifs is 1. The number of H-pyrrole nitrogens is 1. The van der Waals surface area contributed by atoms with Crippen LogP contribution in [0.5, 0.6) is 17.2 Å². The zero-order chi connectivity index (χ0) is 24.2. The first-order valence-electron chi connectivity index (χ1n) is 10.5. The van der Waals surface area contributed by atoms with E-state index in [9.17, 15) is 9.18 Å². The molecule has 0 amide bonds. The zero-order valence-electron chi connectivity index (χ0n) is 19.3. The number of pyridine rings is 1. The van der Waals surface area contributed by atoms with Crippen LogP contribution in [0.1, 0.15) is 17.1 Å². The second-order valence-electron chi connectivity index (χ2n) is 7.61. The molecule has 176 valence electrons. The Morgan fingerprint density at radius 1 is 0.941 bits per heavy atom. The van der Waals surface area contributed by atoms with Crippen molar-refractivity contribution in [3.63, 3.8) is 0 Å². The quantitative estimate of drug-likeness (QED) is 0.393. The number of nitrogens with zero attached hydrogens (tertiary/aromatic N) is 2. The maximum absolute atomic E-state index is 14.0. The summed E-state index contributed by atoms with van der Waals surface area (Å²) in [4.78, 5) is 24.5. The highest BCUT2D eigenvalue weighted by Crippen LogP contribution is 2.32. The van der Waals surface area contributed by atoms with Gasteiger partial charge in [0.15, 0.2) is 18.3 Å². The lowest BCUT2D eigenvalue weighted by Gasteiger charge is -2.13. The van der Waals surface area contributed by atoms with Crippen molar-refractivity contribution in [3.05, 3.63) is 75.7 Å². The lowest BCUT2D eigenvalue weighted by molar-refractivity contribution is 0.0515. The summed E-state index contributed by atoms with van der Waals surface area (Å²) >= 11 is 0. The average Bonchev–Trinajstić information content (AvgIpc) is 2.81. The van der Waals surface area contributed by atoms with Crippen LogP contribution in [-0.4, -0.2) is 43.1 Å². The molecule has 0 aliphatic rings. The number of hydrogen-bond acceptors (Lipinski definition) is 7. The van der Waals surface area contributed by atoms with Crippen LogP contribution in [0.3, 0.4) is 0 Å². The van der Waals surface area contributed by atoms with Gasteiger partial charge in [-0.05, 0) is 36.8 Å². The lowest BCUT2D eigenvalue weighted by atomic mass is 10.0. The molecule has 0 fully saturated rings. The Kier molecular flexibility index (Phi) is 6.74. The highest BCUT2D eigenvalue weighted by Gasteiger charge is 2.14. The van der Waals surface area contributed by atoms with E-state index in [1.165, 1.54) is 33.5 Å². The number of aryl methyl sites for hydroxylation is 1. The minimum Gasteiger partial charge on any atom is -0.493 e. The number of halogens is 1. The first-order chi connectivity index (χ1) is 16.4. The fraction of sp³-hybridized carbons (Fsp3) is 0.240. The summed E-state index contributed by atoms with van der Waals surface area (Å²) in [6.45, 7) is 1.74. The molecule has 2 aromatic heterocycles. The first-order valence-corrected chi connectivity index (χ1v) is 10.5. The van der Waals surface area contributed by atoms with Crippen LogP contribution in [0.15, 0.2) is 47.3 Å². The molecule has 4 aromatic rings. The van der Waals surface area contributed by atoms with Crippen molar-refractivity contribution in [3.8, 4) is 28.5 Å². The van der Waals surface area contributed by atoms with Gasteiger partial charge in [0.2, 0.25) is 0 Å². The van der Waals surface area contributed by atoms with Gasteiger partial charge < -0.3 is 23.9 Å². The molecule has 0 unspecified atom stereocenters. The molecule has 8 nitrogen and oxygen atoms in total. The fourth-order valence-corrected chi connectivity index (χ4v) is 3.69.